The van der Waals surface area contributed by atoms with Crippen molar-refractivity contribution < 1.29 is 29.3 Å². The molecule has 0 bridgehead atoms. The van der Waals surface area contributed by atoms with Crippen molar-refractivity contribution in [3.8, 4) is 5.75 Å². The number of carboxylic acid groups (broad SMARTS) is 2. The van der Waals surface area contributed by atoms with Crippen LogP contribution in [-0.4, -0.2) is 24.5 Å². The van der Waals surface area contributed by atoms with Gasteiger partial charge in [-0.05, 0) is 54.4 Å². The predicted molar refractivity (Wildman–Crippen MR) is 85.7 cm³/mol. The quantitative estimate of drug-likeness (QED) is 0.809. The van der Waals surface area contributed by atoms with Gasteiger partial charge in [0.05, 0.1) is 24.1 Å². The number of hydrogen-bond donors (Lipinski definition) is 1. The minimum absolute atomic E-state index is 0.0386. The van der Waals surface area contributed by atoms with Crippen molar-refractivity contribution in [2.24, 2.45) is 0 Å². The fourth-order valence-electron chi connectivity index (χ4n) is 2.09. The summed E-state index contributed by atoms with van der Waals surface area (Å²) in [6.07, 6.45) is 0. The molecule has 0 aromatic heterocycles. The molecule has 0 aliphatic carbocycles. The summed E-state index contributed by atoms with van der Waals surface area (Å²) in [5.41, 5.74) is -0.695. The molecular formula is C17H12ClNO6-2. The van der Waals surface area contributed by atoms with Gasteiger partial charge in [0.15, 0.2) is 0 Å². The van der Waals surface area contributed by atoms with Gasteiger partial charge in [0.25, 0.3) is 5.91 Å². The number of carbonyl (C=O) groups excluding carboxylic acids is 3. The van der Waals surface area contributed by atoms with Gasteiger partial charge in [0.1, 0.15) is 5.75 Å². The Morgan fingerprint density at radius 2 is 1.64 bits per heavy atom. The van der Waals surface area contributed by atoms with Crippen LogP contribution in [-0.2, 0) is 0 Å². The summed E-state index contributed by atoms with van der Waals surface area (Å²) in [5, 5.41) is 24.8. The summed E-state index contributed by atoms with van der Waals surface area (Å²) in [6.45, 7) is 2.04. The van der Waals surface area contributed by atoms with Crippen LogP contribution in [0, 0.1) is 0 Å². The molecule has 0 radical (unpaired) electrons. The standard InChI is InChI=1S/C17H14ClNO6/c1-2-25-14-8-11(18)3-4-13(14)15(20)19-12-6-9(16(21)22)5-10(7-12)17(23)24/h3-8H,2H2,1H3,(H,19,20)(H,21,22)(H,23,24)/p-2. The van der Waals surface area contributed by atoms with Gasteiger partial charge in [-0.2, -0.15) is 0 Å². The Bertz CT molecular complexity index is 817. The molecule has 0 saturated carbocycles. The van der Waals surface area contributed by atoms with E-state index in [2.05, 4.69) is 5.32 Å². The van der Waals surface area contributed by atoms with Crippen molar-refractivity contribution in [2.45, 2.75) is 6.92 Å². The maximum atomic E-state index is 12.4. The molecule has 0 aliphatic rings. The van der Waals surface area contributed by atoms with Crippen LogP contribution in [0.3, 0.4) is 0 Å². The minimum Gasteiger partial charge on any atom is -0.545 e. The zero-order chi connectivity index (χ0) is 18.6. The number of halogens is 1. The number of benzene rings is 2. The van der Waals surface area contributed by atoms with E-state index in [-0.39, 0.29) is 17.0 Å². The molecule has 0 fully saturated rings. The van der Waals surface area contributed by atoms with Gasteiger partial charge in [-0.3, -0.25) is 4.79 Å². The predicted octanol–water partition coefficient (Wildman–Crippen LogP) is 0.718. The number of carboxylic acids is 2. The summed E-state index contributed by atoms with van der Waals surface area (Å²) in [5.74, 6) is -3.55. The maximum absolute atomic E-state index is 12.4. The Morgan fingerprint density at radius 3 is 2.16 bits per heavy atom. The van der Waals surface area contributed by atoms with Gasteiger partial charge < -0.3 is 29.9 Å². The fourth-order valence-corrected chi connectivity index (χ4v) is 2.25. The molecule has 7 nitrogen and oxygen atoms in total. The number of ether oxygens (including phenoxy) is 1. The zero-order valence-electron chi connectivity index (χ0n) is 13.0. The third kappa shape index (κ3) is 4.48. The molecular weight excluding hydrogens is 350 g/mol. The van der Waals surface area contributed by atoms with Crippen LogP contribution in [0.2, 0.25) is 5.02 Å². The number of nitrogens with one attached hydrogen (secondary N) is 1. The van der Waals surface area contributed by atoms with Crippen LogP contribution in [0.4, 0.5) is 5.69 Å². The Balaban J connectivity index is 2.38. The van der Waals surface area contributed by atoms with Crippen molar-refractivity contribution in [1.29, 1.82) is 0 Å². The average Bonchev–Trinajstić information content (AvgIpc) is 2.54. The molecule has 8 heteroatoms. The first-order chi connectivity index (χ1) is 11.8. The fraction of sp³-hybridized carbons (Fsp3) is 0.118. The van der Waals surface area contributed by atoms with Gasteiger partial charge in [0, 0.05) is 10.7 Å². The topological polar surface area (TPSA) is 119 Å². The van der Waals surface area contributed by atoms with Gasteiger partial charge in [-0.25, -0.2) is 0 Å². The van der Waals surface area contributed by atoms with E-state index >= 15 is 0 Å². The van der Waals surface area contributed by atoms with Crippen molar-refractivity contribution >= 4 is 35.1 Å². The first kappa shape index (κ1) is 18.3. The number of rotatable bonds is 6. The largest absolute Gasteiger partial charge is 0.545 e. The molecule has 1 amide bonds. The molecule has 0 unspecified atom stereocenters. The highest BCUT2D eigenvalue weighted by Crippen LogP contribution is 2.25. The van der Waals surface area contributed by atoms with Gasteiger partial charge in [-0.15, -0.1) is 0 Å². The Hall–Kier alpha value is -3.06. The SMILES string of the molecule is CCOc1cc(Cl)ccc1C(=O)Nc1cc(C(=O)[O-])cc(C(=O)[O-])c1. The molecule has 0 heterocycles. The van der Waals surface area contributed by atoms with Gasteiger partial charge in [0.2, 0.25) is 0 Å². The molecule has 25 heavy (non-hydrogen) atoms. The summed E-state index contributed by atoms with van der Waals surface area (Å²) in [7, 11) is 0. The number of carbonyl (C=O) groups is 3. The van der Waals surface area contributed by atoms with Gasteiger partial charge in [-0.1, -0.05) is 11.6 Å². The lowest BCUT2D eigenvalue weighted by Crippen LogP contribution is -2.26. The first-order valence-electron chi connectivity index (χ1n) is 7.13. The molecule has 1 N–H and O–H groups in total. The third-order valence-corrected chi connectivity index (χ3v) is 3.39. The summed E-state index contributed by atoms with van der Waals surface area (Å²) >= 11 is 5.87. The Morgan fingerprint density at radius 1 is 1.04 bits per heavy atom. The summed E-state index contributed by atoms with van der Waals surface area (Å²) < 4.78 is 5.35. The van der Waals surface area contributed by atoms with Crippen molar-refractivity contribution in [2.75, 3.05) is 11.9 Å². The summed E-state index contributed by atoms with van der Waals surface area (Å²) in [6, 6.07) is 7.43. The van der Waals surface area contributed by atoms with Crippen LogP contribution in [0.5, 0.6) is 5.75 Å². The van der Waals surface area contributed by atoms with E-state index in [1.165, 1.54) is 18.2 Å². The normalized spacial score (nSPS) is 10.2. The van der Waals surface area contributed by atoms with E-state index in [1.807, 2.05) is 0 Å². The number of amides is 1. The van der Waals surface area contributed by atoms with E-state index in [0.717, 1.165) is 18.2 Å². The molecule has 130 valence electrons. The Kier molecular flexibility index (Phi) is 5.61. The smallest absolute Gasteiger partial charge is 0.259 e. The lowest BCUT2D eigenvalue weighted by atomic mass is 10.1. The molecule has 0 aliphatic heterocycles. The van der Waals surface area contributed by atoms with E-state index in [1.54, 1.807) is 6.92 Å². The highest BCUT2D eigenvalue weighted by atomic mass is 35.5. The lowest BCUT2D eigenvalue weighted by Gasteiger charge is -2.14. The highest BCUT2D eigenvalue weighted by Gasteiger charge is 2.14. The monoisotopic (exact) mass is 361 g/mol. The van der Waals surface area contributed by atoms with Crippen LogP contribution < -0.4 is 20.3 Å². The Labute approximate surface area is 147 Å². The minimum atomic E-state index is -1.58. The molecule has 2 rings (SSSR count). The van der Waals surface area contributed by atoms with Crippen molar-refractivity contribution in [1.82, 2.24) is 0 Å². The van der Waals surface area contributed by atoms with Crippen LogP contribution in [0.25, 0.3) is 0 Å². The average molecular weight is 362 g/mol. The van der Waals surface area contributed by atoms with Crippen LogP contribution in [0.15, 0.2) is 36.4 Å². The second-order valence-electron chi connectivity index (χ2n) is 4.90. The molecule has 0 saturated heterocycles. The molecule has 0 atom stereocenters. The second-order valence-corrected chi connectivity index (χ2v) is 5.34. The lowest BCUT2D eigenvalue weighted by molar-refractivity contribution is -0.255. The van der Waals surface area contributed by atoms with E-state index < -0.39 is 29.0 Å². The second kappa shape index (κ2) is 7.67. The van der Waals surface area contributed by atoms with Crippen LogP contribution in [0.1, 0.15) is 38.0 Å². The maximum Gasteiger partial charge on any atom is 0.259 e. The number of aromatic carboxylic acids is 2. The summed E-state index contributed by atoms with van der Waals surface area (Å²) in [4.78, 5) is 34.4. The van der Waals surface area contributed by atoms with E-state index in [9.17, 15) is 24.6 Å². The number of hydrogen-bond acceptors (Lipinski definition) is 6. The van der Waals surface area contributed by atoms with E-state index in [4.69, 9.17) is 16.3 Å². The van der Waals surface area contributed by atoms with Crippen LogP contribution >= 0.6 is 11.6 Å². The molecule has 2 aromatic carbocycles. The van der Waals surface area contributed by atoms with E-state index in [0.29, 0.717) is 11.6 Å². The van der Waals surface area contributed by atoms with Gasteiger partial charge >= 0.3 is 0 Å². The van der Waals surface area contributed by atoms with Crippen molar-refractivity contribution in [3.05, 3.63) is 58.1 Å². The highest BCUT2D eigenvalue weighted by molar-refractivity contribution is 6.31. The third-order valence-electron chi connectivity index (χ3n) is 3.15. The zero-order valence-corrected chi connectivity index (χ0v) is 13.8. The number of anilines is 1. The first-order valence-corrected chi connectivity index (χ1v) is 7.51. The van der Waals surface area contributed by atoms with Crippen molar-refractivity contribution in [3.63, 3.8) is 0 Å². The molecule has 2 aromatic rings. The molecule has 0 spiro atoms.